The summed E-state index contributed by atoms with van der Waals surface area (Å²) in [5.74, 6) is 1.66. The maximum absolute atomic E-state index is 11.1. The Balaban J connectivity index is 0.988. The molecule has 15 rings (SSSR count). The van der Waals surface area contributed by atoms with E-state index in [-0.39, 0.29) is 0 Å². The minimum Gasteiger partial charge on any atom is -0.309 e. The maximum Gasteiger partial charge on any atom is 0.166 e. The first-order chi connectivity index (χ1) is 40.6. The van der Waals surface area contributed by atoms with Gasteiger partial charge in [-0.05, 0) is 129 Å². The lowest BCUT2D eigenvalue weighted by atomic mass is 9.96. The summed E-state index contributed by atoms with van der Waals surface area (Å²) >= 11 is 0. The summed E-state index contributed by atoms with van der Waals surface area (Å²) in [4.78, 5) is 15.8. The van der Waals surface area contributed by atoms with Gasteiger partial charge in [0.05, 0.1) is 39.4 Å². The van der Waals surface area contributed by atoms with Gasteiger partial charge in [0.2, 0.25) is 0 Å². The van der Waals surface area contributed by atoms with Crippen molar-refractivity contribution in [2.24, 2.45) is 0 Å². The molecular weight excluding hydrogens is 997 g/mol. The van der Waals surface area contributed by atoms with Gasteiger partial charge in [0.1, 0.15) is 0 Å². The fourth-order valence-corrected chi connectivity index (χ4v) is 11.8. The molecule has 0 aliphatic rings. The lowest BCUT2D eigenvalue weighted by Gasteiger charge is -2.18. The molecule has 82 heavy (non-hydrogen) atoms. The van der Waals surface area contributed by atoms with Crippen LogP contribution >= 0.6 is 0 Å². The van der Waals surface area contributed by atoms with Crippen LogP contribution in [0.1, 0.15) is 5.56 Å². The minimum atomic E-state index is 0.523. The lowest BCUT2D eigenvalue weighted by molar-refractivity contribution is 1.06. The van der Waals surface area contributed by atoms with Crippen LogP contribution in [0.5, 0.6) is 0 Å². The Bertz CT molecular complexity index is 4700. The van der Waals surface area contributed by atoms with E-state index in [2.05, 4.69) is 240 Å². The zero-order valence-corrected chi connectivity index (χ0v) is 44.4. The van der Waals surface area contributed by atoms with E-state index in [1.54, 1.807) is 0 Å². The van der Waals surface area contributed by atoms with E-state index in [1.165, 1.54) is 0 Å². The molecule has 0 aliphatic heterocycles. The molecule has 12 aromatic carbocycles. The average Bonchev–Trinajstić information content (AvgIpc) is 3.50. The smallest absolute Gasteiger partial charge is 0.166 e. The standard InChI is InChI=1S/C76H48N6/c77-49-61-31-37-62(81-69-39-33-56(50-19-7-1-8-20-50)43-65(69)66-44-57(34-40-70(66)81)51-21-9-2-10-22-51)48-64(61)60-32-38-63(76-79-74(54-27-15-5-16-28-54)78-75(80-76)55-29-17-6-18-30-55)73(47-60)82-71-41-35-58(52-23-11-3-12-24-52)45-67(71)68-46-59(36-42-72(68)82)53-25-13-4-14-26-53/h1-48H. The Morgan fingerprint density at radius 1 is 0.256 bits per heavy atom. The fourth-order valence-electron chi connectivity index (χ4n) is 11.8. The van der Waals surface area contributed by atoms with Gasteiger partial charge in [-0.2, -0.15) is 5.26 Å². The van der Waals surface area contributed by atoms with Crippen molar-refractivity contribution >= 4 is 43.6 Å². The number of benzene rings is 12. The van der Waals surface area contributed by atoms with E-state index in [4.69, 9.17) is 15.0 Å². The van der Waals surface area contributed by atoms with Gasteiger partial charge >= 0.3 is 0 Å². The topological polar surface area (TPSA) is 72.3 Å². The molecule has 0 spiro atoms. The molecule has 0 radical (unpaired) electrons. The van der Waals surface area contributed by atoms with E-state index >= 15 is 0 Å². The van der Waals surface area contributed by atoms with Gasteiger partial charge in [0.25, 0.3) is 0 Å². The van der Waals surface area contributed by atoms with Crippen molar-refractivity contribution in [3.63, 3.8) is 0 Å². The van der Waals surface area contributed by atoms with Crippen LogP contribution in [-0.4, -0.2) is 24.1 Å². The van der Waals surface area contributed by atoms with Crippen LogP contribution < -0.4 is 0 Å². The molecule has 0 fully saturated rings. The number of nitriles is 1. The van der Waals surface area contributed by atoms with Crippen LogP contribution in [0, 0.1) is 11.3 Å². The largest absolute Gasteiger partial charge is 0.309 e. The monoisotopic (exact) mass is 1040 g/mol. The summed E-state index contributed by atoms with van der Waals surface area (Å²) in [6.07, 6.45) is 0. The summed E-state index contributed by atoms with van der Waals surface area (Å²) in [6.45, 7) is 0. The number of nitrogens with zero attached hydrogens (tertiary/aromatic N) is 6. The molecule has 0 saturated carbocycles. The molecule has 3 heterocycles. The van der Waals surface area contributed by atoms with Gasteiger partial charge in [-0.1, -0.05) is 212 Å². The molecule has 3 aromatic heterocycles. The predicted octanol–water partition coefficient (Wildman–Crippen LogP) is 19.3. The maximum atomic E-state index is 11.1. The molecule has 0 unspecified atom stereocenters. The van der Waals surface area contributed by atoms with Crippen LogP contribution in [0.15, 0.2) is 291 Å². The van der Waals surface area contributed by atoms with Crippen LogP contribution in [0.4, 0.5) is 0 Å². The summed E-state index contributed by atoms with van der Waals surface area (Å²) in [5.41, 5.74) is 19.9. The second kappa shape index (κ2) is 20.2. The number of rotatable bonds is 10. The number of aromatic nitrogens is 5. The van der Waals surface area contributed by atoms with E-state index in [9.17, 15) is 5.26 Å². The second-order valence-corrected chi connectivity index (χ2v) is 20.7. The zero-order valence-electron chi connectivity index (χ0n) is 44.4. The Morgan fingerprint density at radius 3 is 0.976 bits per heavy atom. The highest BCUT2D eigenvalue weighted by Gasteiger charge is 2.23. The van der Waals surface area contributed by atoms with Crippen molar-refractivity contribution < 1.29 is 0 Å². The third-order valence-electron chi connectivity index (χ3n) is 15.8. The normalized spacial score (nSPS) is 11.4. The van der Waals surface area contributed by atoms with Crippen molar-refractivity contribution in [1.82, 2.24) is 24.1 Å². The second-order valence-electron chi connectivity index (χ2n) is 20.7. The van der Waals surface area contributed by atoms with Crippen molar-refractivity contribution in [2.75, 3.05) is 0 Å². The van der Waals surface area contributed by atoms with Crippen molar-refractivity contribution in [3.8, 4) is 107 Å². The highest BCUT2D eigenvalue weighted by molar-refractivity contribution is 6.13. The lowest BCUT2D eigenvalue weighted by Crippen LogP contribution is -2.04. The molecule has 15 aromatic rings. The third kappa shape index (κ3) is 8.49. The molecule has 0 saturated heterocycles. The van der Waals surface area contributed by atoms with Gasteiger partial charge in [0.15, 0.2) is 17.5 Å². The van der Waals surface area contributed by atoms with Crippen LogP contribution in [0.25, 0.3) is 145 Å². The first kappa shape index (κ1) is 47.9. The van der Waals surface area contributed by atoms with E-state index in [1.807, 2.05) is 66.7 Å². The molecule has 0 N–H and O–H groups in total. The molecule has 0 bridgehead atoms. The molecule has 0 atom stereocenters. The quantitative estimate of drug-likeness (QED) is 0.137. The highest BCUT2D eigenvalue weighted by Crippen LogP contribution is 2.43. The molecule has 6 nitrogen and oxygen atoms in total. The summed E-state index contributed by atoms with van der Waals surface area (Å²) in [5, 5.41) is 15.6. The van der Waals surface area contributed by atoms with Gasteiger partial charge in [-0.25, -0.2) is 15.0 Å². The number of hydrogen-bond acceptors (Lipinski definition) is 4. The van der Waals surface area contributed by atoms with Crippen LogP contribution in [0.3, 0.4) is 0 Å². The first-order valence-electron chi connectivity index (χ1n) is 27.5. The Morgan fingerprint density at radius 2 is 0.598 bits per heavy atom. The fraction of sp³-hybridized carbons (Fsp3) is 0. The van der Waals surface area contributed by atoms with Crippen molar-refractivity contribution in [2.45, 2.75) is 0 Å². The molecule has 6 heteroatoms. The Kier molecular flexibility index (Phi) is 11.8. The van der Waals surface area contributed by atoms with Gasteiger partial charge in [0, 0.05) is 49.5 Å². The number of fused-ring (bicyclic) bond motifs is 6. The van der Waals surface area contributed by atoms with Gasteiger partial charge in [-0.3, -0.25) is 0 Å². The average molecular weight is 1050 g/mol. The summed E-state index contributed by atoms with van der Waals surface area (Å²) in [7, 11) is 0. The summed E-state index contributed by atoms with van der Waals surface area (Å²) in [6, 6.07) is 105. The van der Waals surface area contributed by atoms with Crippen molar-refractivity contribution in [3.05, 3.63) is 297 Å². The van der Waals surface area contributed by atoms with Crippen LogP contribution in [0.2, 0.25) is 0 Å². The Labute approximate surface area is 474 Å². The van der Waals surface area contributed by atoms with Crippen molar-refractivity contribution in [1.29, 1.82) is 5.26 Å². The van der Waals surface area contributed by atoms with Gasteiger partial charge < -0.3 is 9.13 Å². The summed E-state index contributed by atoms with van der Waals surface area (Å²) < 4.78 is 4.70. The molecular formula is C76H48N6. The van der Waals surface area contributed by atoms with E-state index in [0.29, 0.717) is 23.0 Å². The van der Waals surface area contributed by atoms with E-state index in [0.717, 1.165) is 127 Å². The predicted molar refractivity (Wildman–Crippen MR) is 337 cm³/mol. The first-order valence-corrected chi connectivity index (χ1v) is 27.5. The molecule has 0 aliphatic carbocycles. The third-order valence-corrected chi connectivity index (χ3v) is 15.8. The Hall–Kier alpha value is -11.3. The SMILES string of the molecule is N#Cc1ccc(-n2c3ccc(-c4ccccc4)cc3c3cc(-c4ccccc4)ccc32)cc1-c1ccc(-c2nc(-c3ccccc3)nc(-c3ccccc3)n2)c(-n2c3ccc(-c4ccccc4)cc3c3cc(-c4ccccc4)ccc32)c1. The van der Waals surface area contributed by atoms with Crippen LogP contribution in [-0.2, 0) is 0 Å². The number of hydrogen-bond donors (Lipinski definition) is 0. The minimum absolute atomic E-state index is 0.523. The zero-order chi connectivity index (χ0) is 54.5. The highest BCUT2D eigenvalue weighted by atomic mass is 15.1. The molecule has 0 amide bonds. The molecule has 382 valence electrons. The van der Waals surface area contributed by atoms with E-state index < -0.39 is 0 Å². The van der Waals surface area contributed by atoms with Gasteiger partial charge in [-0.15, -0.1) is 0 Å².